The molecule has 6 heteroatoms. The van der Waals surface area contributed by atoms with Crippen molar-refractivity contribution in [1.82, 2.24) is 4.72 Å². The molecule has 0 saturated heterocycles. The number of hydrogen-bond donors (Lipinski definition) is 2. The number of phenolic OH excluding ortho intramolecular Hbond substituents is 1. The van der Waals surface area contributed by atoms with Crippen molar-refractivity contribution in [3.05, 3.63) is 24.3 Å². The van der Waals surface area contributed by atoms with E-state index in [9.17, 15) is 13.5 Å². The number of sulfonamides is 1. The predicted molar refractivity (Wildman–Crippen MR) is 80.1 cm³/mol. The van der Waals surface area contributed by atoms with Crippen LogP contribution in [0.2, 0.25) is 0 Å². The largest absolute Gasteiger partial charge is 0.508 e. The molecule has 1 rings (SSSR count). The van der Waals surface area contributed by atoms with E-state index in [4.69, 9.17) is 0 Å². The first-order valence-electron chi connectivity index (χ1n) is 6.23. The van der Waals surface area contributed by atoms with Gasteiger partial charge in [-0.1, -0.05) is 19.9 Å². The van der Waals surface area contributed by atoms with Crippen molar-refractivity contribution in [1.29, 1.82) is 0 Å². The summed E-state index contributed by atoms with van der Waals surface area (Å²) in [4.78, 5) is 0.0923. The molecule has 0 spiro atoms. The molecule has 1 aromatic carbocycles. The third-order valence-corrected chi connectivity index (χ3v) is 6.42. The van der Waals surface area contributed by atoms with Gasteiger partial charge in [-0.15, -0.1) is 0 Å². The molecule has 0 aliphatic rings. The second kappa shape index (κ2) is 6.63. The fraction of sp³-hybridized carbons (Fsp3) is 0.538. The van der Waals surface area contributed by atoms with E-state index < -0.39 is 10.0 Å². The van der Waals surface area contributed by atoms with Crippen LogP contribution in [0.15, 0.2) is 29.2 Å². The Kier molecular flexibility index (Phi) is 5.70. The fourth-order valence-electron chi connectivity index (χ4n) is 1.82. The third kappa shape index (κ3) is 4.12. The predicted octanol–water partition coefficient (Wildman–Crippen LogP) is 2.59. The van der Waals surface area contributed by atoms with Crippen LogP contribution >= 0.6 is 11.8 Å². The van der Waals surface area contributed by atoms with Crippen LogP contribution in [0.4, 0.5) is 0 Å². The fourth-order valence-corrected chi connectivity index (χ4v) is 3.87. The molecule has 0 atom stereocenters. The van der Waals surface area contributed by atoms with Gasteiger partial charge in [-0.2, -0.15) is 11.8 Å². The van der Waals surface area contributed by atoms with Gasteiger partial charge in [0.15, 0.2) is 0 Å². The number of aromatic hydroxyl groups is 1. The van der Waals surface area contributed by atoms with Crippen LogP contribution in [-0.2, 0) is 10.0 Å². The lowest BCUT2D eigenvalue weighted by Gasteiger charge is -2.29. The van der Waals surface area contributed by atoms with E-state index in [1.54, 1.807) is 11.8 Å². The molecule has 0 saturated carbocycles. The van der Waals surface area contributed by atoms with Crippen LogP contribution in [-0.4, -0.2) is 31.1 Å². The highest BCUT2D eigenvalue weighted by molar-refractivity contribution is 8.00. The Balaban J connectivity index is 2.87. The van der Waals surface area contributed by atoms with E-state index in [1.807, 2.05) is 6.26 Å². The van der Waals surface area contributed by atoms with E-state index in [-0.39, 0.29) is 15.4 Å². The highest BCUT2D eigenvalue weighted by Gasteiger charge is 2.27. The number of benzene rings is 1. The number of thioether (sulfide) groups is 1. The van der Waals surface area contributed by atoms with E-state index in [0.717, 1.165) is 12.8 Å². The zero-order chi connectivity index (χ0) is 14.5. The summed E-state index contributed by atoms with van der Waals surface area (Å²) < 4.78 is 26.9. The van der Waals surface area contributed by atoms with E-state index in [0.29, 0.717) is 6.54 Å². The number of hydrogen-bond acceptors (Lipinski definition) is 4. The minimum atomic E-state index is -3.57. The summed E-state index contributed by atoms with van der Waals surface area (Å²) in [7, 11) is -3.57. The first-order valence-corrected chi connectivity index (χ1v) is 8.94. The molecule has 0 aliphatic carbocycles. The normalized spacial score (nSPS) is 12.6. The first-order chi connectivity index (χ1) is 8.89. The lowest BCUT2D eigenvalue weighted by molar-refractivity contribution is 0.472. The van der Waals surface area contributed by atoms with Crippen molar-refractivity contribution in [3.8, 4) is 5.75 Å². The summed E-state index contributed by atoms with van der Waals surface area (Å²) in [5, 5.41) is 9.35. The average molecular weight is 303 g/mol. The molecular formula is C13H21NO3S2. The van der Waals surface area contributed by atoms with Crippen molar-refractivity contribution in [2.45, 2.75) is 36.3 Å². The zero-order valence-electron chi connectivity index (χ0n) is 11.5. The Bertz CT molecular complexity index is 502. The molecule has 19 heavy (non-hydrogen) atoms. The molecule has 0 heterocycles. The Morgan fingerprint density at radius 3 is 2.42 bits per heavy atom. The smallest absolute Gasteiger partial charge is 0.240 e. The summed E-state index contributed by atoms with van der Waals surface area (Å²) in [6.45, 7) is 4.50. The van der Waals surface area contributed by atoms with Gasteiger partial charge in [0.1, 0.15) is 5.75 Å². The molecule has 0 aliphatic heterocycles. The summed E-state index contributed by atoms with van der Waals surface area (Å²) in [5.74, 6) is -0.0509. The van der Waals surface area contributed by atoms with Crippen molar-refractivity contribution in [2.75, 3.05) is 12.8 Å². The first kappa shape index (κ1) is 16.3. The maximum absolute atomic E-state index is 12.1. The lowest BCUT2D eigenvalue weighted by atomic mass is 10.0. The average Bonchev–Trinajstić information content (AvgIpc) is 2.41. The molecule has 0 unspecified atom stereocenters. The minimum Gasteiger partial charge on any atom is -0.508 e. The summed E-state index contributed by atoms with van der Waals surface area (Å²) in [6.07, 6.45) is 3.79. The van der Waals surface area contributed by atoms with Gasteiger partial charge >= 0.3 is 0 Å². The molecular weight excluding hydrogens is 282 g/mol. The van der Waals surface area contributed by atoms with Crippen molar-refractivity contribution in [2.24, 2.45) is 0 Å². The van der Waals surface area contributed by atoms with Gasteiger partial charge in [-0.3, -0.25) is 0 Å². The van der Waals surface area contributed by atoms with Crippen LogP contribution in [0.1, 0.15) is 26.7 Å². The minimum absolute atomic E-state index is 0.0509. The van der Waals surface area contributed by atoms with Crippen LogP contribution in [0, 0.1) is 0 Å². The van der Waals surface area contributed by atoms with Gasteiger partial charge in [0.2, 0.25) is 10.0 Å². The standard InChI is InChI=1S/C13H21NO3S2/c1-4-13(5-2,18-3)10-14-19(16,17)12-8-6-7-11(15)9-12/h6-9,14-15H,4-5,10H2,1-3H3. The summed E-state index contributed by atoms with van der Waals surface area (Å²) >= 11 is 1.68. The monoisotopic (exact) mass is 303 g/mol. The molecule has 0 fully saturated rings. The Hall–Kier alpha value is -0.720. The molecule has 2 N–H and O–H groups in total. The number of phenols is 1. The molecule has 1 aromatic rings. The number of rotatable bonds is 7. The number of nitrogens with one attached hydrogen (secondary N) is 1. The van der Waals surface area contributed by atoms with Gasteiger partial charge in [0.25, 0.3) is 0 Å². The topological polar surface area (TPSA) is 66.4 Å². The molecule has 4 nitrogen and oxygen atoms in total. The van der Waals surface area contributed by atoms with Crippen LogP contribution < -0.4 is 4.72 Å². The van der Waals surface area contributed by atoms with Crippen molar-refractivity contribution >= 4 is 21.8 Å². The SMILES string of the molecule is CCC(CC)(CNS(=O)(=O)c1cccc(O)c1)SC. The van der Waals surface area contributed by atoms with Crippen LogP contribution in [0.5, 0.6) is 5.75 Å². The quantitative estimate of drug-likeness (QED) is 0.812. The van der Waals surface area contributed by atoms with Gasteiger partial charge < -0.3 is 5.11 Å². The Morgan fingerprint density at radius 2 is 1.95 bits per heavy atom. The van der Waals surface area contributed by atoms with E-state index in [1.165, 1.54) is 24.3 Å². The summed E-state index contributed by atoms with van der Waals surface area (Å²) in [6, 6.07) is 5.69. The van der Waals surface area contributed by atoms with Crippen LogP contribution in [0.25, 0.3) is 0 Å². The Labute approximate surface area is 119 Å². The van der Waals surface area contributed by atoms with Gasteiger partial charge in [0.05, 0.1) is 4.90 Å². The summed E-state index contributed by atoms with van der Waals surface area (Å²) in [5.41, 5.74) is 0. The van der Waals surface area contributed by atoms with E-state index in [2.05, 4.69) is 18.6 Å². The van der Waals surface area contributed by atoms with Gasteiger partial charge in [-0.25, -0.2) is 13.1 Å². The van der Waals surface area contributed by atoms with Crippen molar-refractivity contribution < 1.29 is 13.5 Å². The van der Waals surface area contributed by atoms with Crippen LogP contribution in [0.3, 0.4) is 0 Å². The molecule has 0 aromatic heterocycles. The third-order valence-electron chi connectivity index (χ3n) is 3.43. The molecule has 0 amide bonds. The molecule has 0 bridgehead atoms. The Morgan fingerprint density at radius 1 is 1.32 bits per heavy atom. The second-order valence-electron chi connectivity index (χ2n) is 4.42. The molecule has 0 radical (unpaired) electrons. The lowest BCUT2D eigenvalue weighted by Crippen LogP contribution is -2.39. The maximum atomic E-state index is 12.1. The highest BCUT2D eigenvalue weighted by Crippen LogP contribution is 2.30. The van der Waals surface area contributed by atoms with Crippen molar-refractivity contribution in [3.63, 3.8) is 0 Å². The van der Waals surface area contributed by atoms with E-state index >= 15 is 0 Å². The second-order valence-corrected chi connectivity index (χ2v) is 7.46. The van der Waals surface area contributed by atoms with Gasteiger partial charge in [-0.05, 0) is 37.3 Å². The zero-order valence-corrected chi connectivity index (χ0v) is 13.1. The highest BCUT2D eigenvalue weighted by atomic mass is 32.2. The van der Waals surface area contributed by atoms with Gasteiger partial charge in [0, 0.05) is 11.3 Å². The molecule has 108 valence electrons. The maximum Gasteiger partial charge on any atom is 0.240 e.